The zero-order valence-electron chi connectivity index (χ0n) is 15.7. The molecule has 0 aliphatic heterocycles. The summed E-state index contributed by atoms with van der Waals surface area (Å²) in [6.07, 6.45) is 0. The Morgan fingerprint density at radius 1 is 0.778 bits per heavy atom. The molecule has 0 saturated heterocycles. The number of ether oxygens (including phenoxy) is 1. The molecule has 1 atom stereocenters. The standard InChI is InChI=1S/C23H25O2P.BrH/c1-3-25-23(24)19(2)26(20-13-7-4-8-14-20,21-15-9-5-10-16-21)22-17-11-6-12-18-22;/h4-19,26H,3H2,1-2H3;1H. The zero-order valence-corrected chi connectivity index (χ0v) is 18.4. The molecule has 0 heterocycles. The van der Waals surface area contributed by atoms with E-state index in [0.29, 0.717) is 6.61 Å². The molecule has 0 fully saturated rings. The fourth-order valence-corrected chi connectivity index (χ4v) is 8.89. The molecule has 0 saturated carbocycles. The monoisotopic (exact) mass is 444 g/mol. The maximum absolute atomic E-state index is 12.9. The minimum absolute atomic E-state index is 0. The quantitative estimate of drug-likeness (QED) is 0.419. The van der Waals surface area contributed by atoms with E-state index in [9.17, 15) is 4.79 Å². The van der Waals surface area contributed by atoms with Gasteiger partial charge in [-0.2, -0.15) is 0 Å². The van der Waals surface area contributed by atoms with Crippen LogP contribution in [-0.4, -0.2) is 18.2 Å². The second-order valence-electron chi connectivity index (χ2n) is 6.38. The molecule has 3 aromatic carbocycles. The van der Waals surface area contributed by atoms with Gasteiger partial charge in [-0.05, 0) is 0 Å². The molecule has 0 N–H and O–H groups in total. The van der Waals surface area contributed by atoms with Crippen LogP contribution in [0.25, 0.3) is 0 Å². The topological polar surface area (TPSA) is 26.3 Å². The van der Waals surface area contributed by atoms with Crippen LogP contribution in [0.5, 0.6) is 0 Å². The molecule has 3 aromatic rings. The van der Waals surface area contributed by atoms with E-state index in [-0.39, 0.29) is 28.6 Å². The van der Waals surface area contributed by atoms with Crippen LogP contribution in [0.1, 0.15) is 13.8 Å². The maximum atomic E-state index is 12.9. The number of benzene rings is 3. The Kier molecular flexibility index (Phi) is 7.77. The minimum atomic E-state index is -2.60. The van der Waals surface area contributed by atoms with Gasteiger partial charge in [0.2, 0.25) is 0 Å². The number of rotatable bonds is 6. The molecule has 0 aliphatic rings. The average Bonchev–Trinajstić information content (AvgIpc) is 2.71. The Hall–Kier alpha value is -1.96. The normalized spacial score (nSPS) is 12.5. The van der Waals surface area contributed by atoms with E-state index in [1.54, 1.807) is 0 Å². The predicted octanol–water partition coefficient (Wildman–Crippen LogP) is 4.24. The van der Waals surface area contributed by atoms with Gasteiger partial charge in [0.15, 0.2) is 0 Å². The van der Waals surface area contributed by atoms with Crippen molar-refractivity contribution in [3.8, 4) is 0 Å². The molecule has 142 valence electrons. The molecule has 0 aromatic heterocycles. The third kappa shape index (κ3) is 4.15. The summed E-state index contributed by atoms with van der Waals surface area (Å²) in [7, 11) is -2.60. The molecule has 0 bridgehead atoms. The summed E-state index contributed by atoms with van der Waals surface area (Å²) < 4.78 is 5.47. The van der Waals surface area contributed by atoms with Gasteiger partial charge in [0.1, 0.15) is 0 Å². The summed E-state index contributed by atoms with van der Waals surface area (Å²) in [5.41, 5.74) is -0.241. The number of carbonyl (C=O) groups excluding carboxylic acids is 1. The van der Waals surface area contributed by atoms with Crippen molar-refractivity contribution in [1.29, 1.82) is 0 Å². The van der Waals surface area contributed by atoms with Crippen LogP contribution in [0.3, 0.4) is 0 Å². The molecule has 0 spiro atoms. The van der Waals surface area contributed by atoms with E-state index in [1.165, 1.54) is 15.9 Å². The van der Waals surface area contributed by atoms with Crippen LogP contribution in [-0.2, 0) is 9.53 Å². The fourth-order valence-electron chi connectivity index (χ4n) is 3.80. The summed E-state index contributed by atoms with van der Waals surface area (Å²) in [5, 5.41) is 3.66. The molecule has 0 radical (unpaired) electrons. The third-order valence-electron chi connectivity index (χ3n) is 4.98. The van der Waals surface area contributed by atoms with Gasteiger partial charge in [0.05, 0.1) is 0 Å². The first-order valence-electron chi connectivity index (χ1n) is 9.04. The van der Waals surface area contributed by atoms with Crippen molar-refractivity contribution in [2.45, 2.75) is 19.5 Å². The summed E-state index contributed by atoms with van der Waals surface area (Å²) in [6, 6.07) is 31.3. The Bertz CT molecular complexity index is 741. The predicted molar refractivity (Wildman–Crippen MR) is 123 cm³/mol. The molecule has 4 heteroatoms. The van der Waals surface area contributed by atoms with Crippen molar-refractivity contribution in [2.24, 2.45) is 0 Å². The first-order valence-corrected chi connectivity index (χ1v) is 11.1. The summed E-state index contributed by atoms with van der Waals surface area (Å²) in [4.78, 5) is 12.9. The van der Waals surface area contributed by atoms with Crippen molar-refractivity contribution >= 4 is 46.1 Å². The van der Waals surface area contributed by atoms with E-state index >= 15 is 0 Å². The van der Waals surface area contributed by atoms with Gasteiger partial charge in [-0.15, -0.1) is 17.0 Å². The summed E-state index contributed by atoms with van der Waals surface area (Å²) >= 11 is 0. The van der Waals surface area contributed by atoms with Crippen molar-refractivity contribution in [1.82, 2.24) is 0 Å². The first kappa shape index (κ1) is 21.3. The number of halogens is 1. The average molecular weight is 445 g/mol. The number of esters is 1. The van der Waals surface area contributed by atoms with Crippen molar-refractivity contribution < 1.29 is 9.53 Å². The Morgan fingerprint density at radius 3 is 1.41 bits per heavy atom. The third-order valence-corrected chi connectivity index (χ3v) is 10.2. The van der Waals surface area contributed by atoms with Crippen LogP contribution >= 0.6 is 24.2 Å². The number of carbonyl (C=O) groups is 1. The number of hydrogen-bond donors (Lipinski definition) is 0. The molecule has 2 nitrogen and oxygen atoms in total. The van der Waals surface area contributed by atoms with E-state index < -0.39 is 7.26 Å². The first-order chi connectivity index (χ1) is 12.7. The molecule has 0 amide bonds. The summed E-state index contributed by atoms with van der Waals surface area (Å²) in [6.45, 7) is 4.28. The van der Waals surface area contributed by atoms with Crippen molar-refractivity contribution in [3.05, 3.63) is 91.0 Å². The second kappa shape index (κ2) is 9.82. The van der Waals surface area contributed by atoms with Crippen molar-refractivity contribution in [3.63, 3.8) is 0 Å². The second-order valence-corrected chi connectivity index (χ2v) is 10.6. The van der Waals surface area contributed by atoms with Gasteiger partial charge in [-0.3, -0.25) is 0 Å². The molecular weight excluding hydrogens is 419 g/mol. The van der Waals surface area contributed by atoms with Gasteiger partial charge in [0.25, 0.3) is 0 Å². The molecule has 3 rings (SSSR count). The van der Waals surface area contributed by atoms with Gasteiger partial charge in [-0.1, -0.05) is 0 Å². The van der Waals surface area contributed by atoms with Gasteiger partial charge >= 0.3 is 156 Å². The van der Waals surface area contributed by atoms with Gasteiger partial charge in [-0.25, -0.2) is 0 Å². The van der Waals surface area contributed by atoms with Crippen LogP contribution < -0.4 is 15.9 Å². The van der Waals surface area contributed by atoms with Gasteiger partial charge in [0, 0.05) is 0 Å². The van der Waals surface area contributed by atoms with E-state index in [1.807, 2.05) is 32.0 Å². The van der Waals surface area contributed by atoms with E-state index in [4.69, 9.17) is 4.74 Å². The zero-order chi connectivity index (χ0) is 18.4. The Labute approximate surface area is 172 Å². The van der Waals surface area contributed by atoms with Gasteiger partial charge < -0.3 is 0 Å². The summed E-state index contributed by atoms with van der Waals surface area (Å²) in [5.74, 6) is -0.129. The number of hydrogen-bond acceptors (Lipinski definition) is 2. The molecule has 0 aliphatic carbocycles. The van der Waals surface area contributed by atoms with Crippen LogP contribution in [0.15, 0.2) is 91.0 Å². The Balaban J connectivity index is 0.00000261. The van der Waals surface area contributed by atoms with Crippen LogP contribution in [0, 0.1) is 0 Å². The van der Waals surface area contributed by atoms with Crippen LogP contribution in [0.2, 0.25) is 0 Å². The van der Waals surface area contributed by atoms with E-state index in [2.05, 4.69) is 72.8 Å². The SMILES string of the molecule is Br.CCOC(=O)C(C)[PH](c1ccccc1)(c1ccccc1)c1ccccc1. The fraction of sp³-hybridized carbons (Fsp3) is 0.174. The Morgan fingerprint density at radius 2 is 1.11 bits per heavy atom. The molecule has 1 unspecified atom stereocenters. The van der Waals surface area contributed by atoms with Crippen LogP contribution in [0.4, 0.5) is 0 Å². The van der Waals surface area contributed by atoms with E-state index in [0.717, 1.165) is 0 Å². The van der Waals surface area contributed by atoms with Crippen molar-refractivity contribution in [2.75, 3.05) is 6.61 Å². The molecular formula is C23H26BrO2P. The molecule has 27 heavy (non-hydrogen) atoms.